The summed E-state index contributed by atoms with van der Waals surface area (Å²) in [6.07, 6.45) is 6.92. The summed E-state index contributed by atoms with van der Waals surface area (Å²) in [7, 11) is 0. The Hall–Kier alpha value is -1.06. The molecule has 4 atom stereocenters. The fourth-order valence-corrected chi connectivity index (χ4v) is 4.31. The van der Waals surface area contributed by atoms with Gasteiger partial charge in [0.05, 0.1) is 0 Å². The lowest BCUT2D eigenvalue weighted by atomic mass is 9.78. The van der Waals surface area contributed by atoms with Gasteiger partial charge in [-0.25, -0.2) is 0 Å². The van der Waals surface area contributed by atoms with Crippen molar-refractivity contribution < 1.29 is 9.59 Å². The molecular formula is C17H28N2O2. The number of nitrogens with zero attached hydrogens (tertiary/aromatic N) is 2. The molecule has 2 heterocycles. The number of rotatable bonds is 1. The van der Waals surface area contributed by atoms with E-state index < -0.39 is 0 Å². The maximum Gasteiger partial charge on any atom is 0.245 e. The van der Waals surface area contributed by atoms with E-state index in [0.717, 1.165) is 44.6 Å². The summed E-state index contributed by atoms with van der Waals surface area (Å²) in [5, 5.41) is 0. The fourth-order valence-electron chi connectivity index (χ4n) is 4.31. The van der Waals surface area contributed by atoms with Crippen molar-refractivity contribution >= 4 is 11.8 Å². The molecule has 0 radical (unpaired) electrons. The van der Waals surface area contributed by atoms with Crippen LogP contribution in [0.15, 0.2) is 0 Å². The highest BCUT2D eigenvalue weighted by Gasteiger charge is 2.41. The lowest BCUT2D eigenvalue weighted by molar-refractivity contribution is -0.144. The largest absolute Gasteiger partial charge is 0.337 e. The molecule has 0 aromatic carbocycles. The van der Waals surface area contributed by atoms with Crippen LogP contribution in [0, 0.1) is 11.8 Å². The number of hydrogen-bond acceptors (Lipinski definition) is 2. The molecule has 2 aliphatic heterocycles. The predicted octanol–water partition coefficient (Wildman–Crippen LogP) is 2.42. The Kier molecular flexibility index (Phi) is 4.23. The number of hydrogen-bond donors (Lipinski definition) is 0. The molecule has 0 spiro atoms. The molecule has 2 saturated heterocycles. The molecule has 0 N–H and O–H groups in total. The van der Waals surface area contributed by atoms with E-state index in [1.165, 1.54) is 6.42 Å². The highest BCUT2D eigenvalue weighted by molar-refractivity contribution is 5.90. The summed E-state index contributed by atoms with van der Waals surface area (Å²) in [5.74, 6) is 1.86. The number of fused-ring (bicyclic) bond motifs is 1. The second-order valence-electron chi connectivity index (χ2n) is 7.30. The summed E-state index contributed by atoms with van der Waals surface area (Å²) < 4.78 is 0. The van der Waals surface area contributed by atoms with Crippen molar-refractivity contribution in [2.75, 3.05) is 13.1 Å². The second-order valence-corrected chi connectivity index (χ2v) is 7.30. The average Bonchev–Trinajstić information content (AvgIpc) is 2.61. The molecule has 3 rings (SSSR count). The van der Waals surface area contributed by atoms with E-state index in [-0.39, 0.29) is 17.9 Å². The molecule has 1 saturated carbocycles. The van der Waals surface area contributed by atoms with Gasteiger partial charge in [0.2, 0.25) is 11.8 Å². The molecule has 4 unspecified atom stereocenters. The predicted molar refractivity (Wildman–Crippen MR) is 81.6 cm³/mol. The minimum Gasteiger partial charge on any atom is -0.337 e. The minimum absolute atomic E-state index is 0.164. The molecule has 3 fully saturated rings. The monoisotopic (exact) mass is 292 g/mol. The highest BCUT2D eigenvalue weighted by Crippen LogP contribution is 2.34. The maximum absolute atomic E-state index is 12.9. The SMILES string of the molecule is CC1CCC(N2CCC(=O)N3CCCCC3C2=O)CC1C. The molecule has 0 aromatic rings. The third-order valence-corrected chi connectivity index (χ3v) is 5.97. The average molecular weight is 292 g/mol. The van der Waals surface area contributed by atoms with Crippen LogP contribution in [0.3, 0.4) is 0 Å². The van der Waals surface area contributed by atoms with E-state index >= 15 is 0 Å². The minimum atomic E-state index is -0.164. The summed E-state index contributed by atoms with van der Waals surface area (Å²) in [6, 6.07) is 0.196. The van der Waals surface area contributed by atoms with Crippen LogP contribution in [0.5, 0.6) is 0 Å². The molecule has 0 aromatic heterocycles. The van der Waals surface area contributed by atoms with E-state index in [0.29, 0.717) is 24.9 Å². The Morgan fingerprint density at radius 2 is 1.71 bits per heavy atom. The van der Waals surface area contributed by atoms with Gasteiger partial charge in [0.1, 0.15) is 6.04 Å². The van der Waals surface area contributed by atoms with Crippen molar-refractivity contribution in [3.05, 3.63) is 0 Å². The Labute approximate surface area is 127 Å². The molecule has 2 amide bonds. The number of piperidine rings is 1. The molecule has 4 nitrogen and oxygen atoms in total. The first-order valence-electron chi connectivity index (χ1n) is 8.68. The van der Waals surface area contributed by atoms with Crippen LogP contribution >= 0.6 is 0 Å². The van der Waals surface area contributed by atoms with Gasteiger partial charge < -0.3 is 9.80 Å². The van der Waals surface area contributed by atoms with Gasteiger partial charge in [0.15, 0.2) is 0 Å². The van der Waals surface area contributed by atoms with Crippen molar-refractivity contribution in [3.8, 4) is 0 Å². The molecular weight excluding hydrogens is 264 g/mol. The number of carbonyl (C=O) groups is 2. The van der Waals surface area contributed by atoms with E-state index in [1.807, 2.05) is 4.90 Å². The summed E-state index contributed by atoms with van der Waals surface area (Å²) in [6.45, 7) is 6.03. The summed E-state index contributed by atoms with van der Waals surface area (Å²) in [4.78, 5) is 29.2. The van der Waals surface area contributed by atoms with Crippen LogP contribution in [-0.4, -0.2) is 46.8 Å². The van der Waals surface area contributed by atoms with Crippen LogP contribution in [0.1, 0.15) is 58.8 Å². The zero-order chi connectivity index (χ0) is 15.0. The van der Waals surface area contributed by atoms with Crippen molar-refractivity contribution in [3.63, 3.8) is 0 Å². The van der Waals surface area contributed by atoms with E-state index in [4.69, 9.17) is 0 Å². The van der Waals surface area contributed by atoms with Crippen LogP contribution in [-0.2, 0) is 9.59 Å². The van der Waals surface area contributed by atoms with Gasteiger partial charge in [-0.05, 0) is 50.4 Å². The summed E-state index contributed by atoms with van der Waals surface area (Å²) in [5.41, 5.74) is 0. The first-order valence-corrected chi connectivity index (χ1v) is 8.68. The molecule has 3 aliphatic rings. The van der Waals surface area contributed by atoms with E-state index in [1.54, 1.807) is 0 Å². The lowest BCUT2D eigenvalue weighted by Gasteiger charge is -2.41. The van der Waals surface area contributed by atoms with Crippen LogP contribution in [0.4, 0.5) is 0 Å². The smallest absolute Gasteiger partial charge is 0.245 e. The molecule has 1 aliphatic carbocycles. The first kappa shape index (κ1) is 14.9. The highest BCUT2D eigenvalue weighted by atomic mass is 16.2. The third kappa shape index (κ3) is 2.82. The van der Waals surface area contributed by atoms with E-state index in [9.17, 15) is 9.59 Å². The van der Waals surface area contributed by atoms with Gasteiger partial charge in [-0.2, -0.15) is 0 Å². The van der Waals surface area contributed by atoms with Gasteiger partial charge in [0.25, 0.3) is 0 Å². The van der Waals surface area contributed by atoms with Crippen molar-refractivity contribution in [2.45, 2.75) is 70.9 Å². The standard InChI is InChI=1S/C17H28N2O2/c1-12-6-7-14(11-13(12)2)18-10-8-16(20)19-9-4-3-5-15(19)17(18)21/h12-15H,3-11H2,1-2H3. The zero-order valence-corrected chi connectivity index (χ0v) is 13.4. The van der Waals surface area contributed by atoms with Gasteiger partial charge in [-0.3, -0.25) is 9.59 Å². The fraction of sp³-hybridized carbons (Fsp3) is 0.882. The quantitative estimate of drug-likeness (QED) is 0.745. The van der Waals surface area contributed by atoms with Gasteiger partial charge in [0, 0.05) is 25.6 Å². The van der Waals surface area contributed by atoms with Gasteiger partial charge in [-0.15, -0.1) is 0 Å². The van der Waals surface area contributed by atoms with Crippen molar-refractivity contribution in [2.24, 2.45) is 11.8 Å². The lowest BCUT2D eigenvalue weighted by Crippen LogP contribution is -2.52. The zero-order valence-electron chi connectivity index (χ0n) is 13.4. The molecule has 21 heavy (non-hydrogen) atoms. The van der Waals surface area contributed by atoms with Crippen molar-refractivity contribution in [1.29, 1.82) is 0 Å². The number of amides is 2. The normalized spacial score (nSPS) is 38.2. The topological polar surface area (TPSA) is 40.6 Å². The number of carbonyl (C=O) groups excluding carboxylic acids is 2. The Bertz CT molecular complexity index is 423. The Morgan fingerprint density at radius 1 is 0.905 bits per heavy atom. The molecule has 118 valence electrons. The van der Waals surface area contributed by atoms with Crippen molar-refractivity contribution in [1.82, 2.24) is 9.80 Å². The van der Waals surface area contributed by atoms with Gasteiger partial charge >= 0.3 is 0 Å². The van der Waals surface area contributed by atoms with Crippen LogP contribution in [0.25, 0.3) is 0 Å². The van der Waals surface area contributed by atoms with E-state index in [2.05, 4.69) is 18.7 Å². The first-order chi connectivity index (χ1) is 10.1. The summed E-state index contributed by atoms with van der Waals surface area (Å²) >= 11 is 0. The second kappa shape index (κ2) is 5.98. The van der Waals surface area contributed by atoms with Crippen LogP contribution in [0.2, 0.25) is 0 Å². The van der Waals surface area contributed by atoms with Crippen LogP contribution < -0.4 is 0 Å². The maximum atomic E-state index is 12.9. The Morgan fingerprint density at radius 3 is 2.48 bits per heavy atom. The molecule has 0 bridgehead atoms. The Balaban J connectivity index is 1.76. The molecule has 4 heteroatoms. The third-order valence-electron chi connectivity index (χ3n) is 5.97. The van der Waals surface area contributed by atoms with Gasteiger partial charge in [-0.1, -0.05) is 13.8 Å².